The van der Waals surface area contributed by atoms with Crippen molar-refractivity contribution in [3.8, 4) is 0 Å². The van der Waals surface area contributed by atoms with Crippen molar-refractivity contribution < 1.29 is 4.79 Å². The molecule has 5 nitrogen and oxygen atoms in total. The van der Waals surface area contributed by atoms with Crippen LogP contribution in [0.5, 0.6) is 0 Å². The fraction of sp³-hybridized carbons (Fsp3) is 0.471. The number of carbonyl (C=O) groups excluding carboxylic acids is 1. The van der Waals surface area contributed by atoms with Crippen molar-refractivity contribution in [1.82, 2.24) is 14.8 Å². The highest BCUT2D eigenvalue weighted by molar-refractivity contribution is 7.99. The molecule has 0 aliphatic heterocycles. The number of rotatable bonds is 5. The summed E-state index contributed by atoms with van der Waals surface area (Å²) in [5.74, 6) is 1.12. The summed E-state index contributed by atoms with van der Waals surface area (Å²) in [5.41, 5.74) is 0.634. The lowest BCUT2D eigenvalue weighted by atomic mass is 9.95. The number of nitrogens with zero attached hydrogens (tertiary/aromatic N) is 3. The fourth-order valence-corrected chi connectivity index (χ4v) is 4.12. The van der Waals surface area contributed by atoms with Gasteiger partial charge in [0.15, 0.2) is 5.16 Å². The van der Waals surface area contributed by atoms with Crippen molar-refractivity contribution >= 4 is 35.0 Å². The van der Waals surface area contributed by atoms with E-state index in [0.717, 1.165) is 23.8 Å². The number of aromatic nitrogens is 3. The third kappa shape index (κ3) is 4.11. The molecule has 0 atom stereocenters. The number of halogens is 1. The van der Waals surface area contributed by atoms with Gasteiger partial charge in [0.1, 0.15) is 5.82 Å². The first-order chi connectivity index (χ1) is 11.6. The molecule has 1 amide bonds. The Morgan fingerprint density at radius 1 is 1.29 bits per heavy atom. The van der Waals surface area contributed by atoms with Crippen LogP contribution in [0.4, 0.5) is 5.69 Å². The summed E-state index contributed by atoms with van der Waals surface area (Å²) in [5, 5.41) is 12.7. The molecule has 0 bridgehead atoms. The highest BCUT2D eigenvalue weighted by Gasteiger charge is 2.21. The zero-order valence-electron chi connectivity index (χ0n) is 13.7. The molecule has 0 saturated heterocycles. The van der Waals surface area contributed by atoms with E-state index in [1.54, 1.807) is 12.1 Å². The van der Waals surface area contributed by atoms with Gasteiger partial charge in [-0.05, 0) is 31.9 Å². The predicted octanol–water partition coefficient (Wildman–Crippen LogP) is 4.48. The van der Waals surface area contributed by atoms with Crippen LogP contribution in [0.15, 0.2) is 29.4 Å². The van der Waals surface area contributed by atoms with E-state index in [0.29, 0.717) is 16.8 Å². The van der Waals surface area contributed by atoms with Crippen molar-refractivity contribution in [3.05, 3.63) is 35.1 Å². The van der Waals surface area contributed by atoms with E-state index in [1.165, 1.54) is 31.0 Å². The molecular formula is C17H21ClN4OS. The molecule has 2 aromatic rings. The van der Waals surface area contributed by atoms with Crippen molar-refractivity contribution in [2.45, 2.75) is 50.2 Å². The number of benzene rings is 1. The summed E-state index contributed by atoms with van der Waals surface area (Å²) >= 11 is 7.50. The van der Waals surface area contributed by atoms with Gasteiger partial charge >= 0.3 is 0 Å². The summed E-state index contributed by atoms with van der Waals surface area (Å²) in [6.45, 7) is 1.98. The van der Waals surface area contributed by atoms with Crippen LogP contribution in [0.3, 0.4) is 0 Å². The Balaban J connectivity index is 1.62. The van der Waals surface area contributed by atoms with Crippen LogP contribution in [0.1, 0.15) is 44.0 Å². The summed E-state index contributed by atoms with van der Waals surface area (Å²) in [4.78, 5) is 12.2. The smallest absolute Gasteiger partial charge is 0.234 e. The lowest BCUT2D eigenvalue weighted by molar-refractivity contribution is -0.113. The average Bonchev–Trinajstić information content (AvgIpc) is 2.96. The lowest BCUT2D eigenvalue weighted by Crippen LogP contribution is -2.17. The molecule has 3 rings (SSSR count). The van der Waals surface area contributed by atoms with Crippen LogP contribution >= 0.6 is 23.4 Å². The summed E-state index contributed by atoms with van der Waals surface area (Å²) in [6, 6.07) is 7.69. The number of nitrogens with one attached hydrogen (secondary N) is 1. The van der Waals surface area contributed by atoms with E-state index in [2.05, 4.69) is 20.1 Å². The van der Waals surface area contributed by atoms with E-state index in [4.69, 9.17) is 11.6 Å². The third-order valence-electron chi connectivity index (χ3n) is 4.26. The zero-order valence-corrected chi connectivity index (χ0v) is 15.2. The molecule has 128 valence electrons. The standard InChI is InChI=1S/C17H21ClN4OS/c1-12-20-21-17(22(12)13-7-3-2-4-8-13)24-11-16(23)19-15-10-6-5-9-14(15)18/h5-6,9-10,13H,2-4,7-8,11H2,1H3,(H,19,23). The maximum Gasteiger partial charge on any atom is 0.234 e. The van der Waals surface area contributed by atoms with Gasteiger partial charge < -0.3 is 9.88 Å². The van der Waals surface area contributed by atoms with Crippen LogP contribution in [0, 0.1) is 6.92 Å². The second-order valence-corrected chi connectivity index (χ2v) is 7.36. The summed E-state index contributed by atoms with van der Waals surface area (Å²) in [7, 11) is 0. The van der Waals surface area contributed by atoms with Gasteiger partial charge in [0.25, 0.3) is 0 Å². The fourth-order valence-electron chi connectivity index (χ4n) is 3.09. The molecule has 1 aromatic carbocycles. The minimum absolute atomic E-state index is 0.0936. The minimum Gasteiger partial charge on any atom is -0.324 e. The van der Waals surface area contributed by atoms with Gasteiger partial charge in [-0.15, -0.1) is 10.2 Å². The summed E-state index contributed by atoms with van der Waals surface area (Å²) in [6.07, 6.45) is 6.13. The van der Waals surface area contributed by atoms with Gasteiger partial charge in [-0.3, -0.25) is 4.79 Å². The molecule has 1 N–H and O–H groups in total. The molecule has 1 aliphatic carbocycles. The maximum absolute atomic E-state index is 12.2. The van der Waals surface area contributed by atoms with Crippen molar-refractivity contribution in [1.29, 1.82) is 0 Å². The number of carbonyl (C=O) groups is 1. The normalized spacial score (nSPS) is 15.4. The minimum atomic E-state index is -0.0936. The highest BCUT2D eigenvalue weighted by atomic mass is 35.5. The van der Waals surface area contributed by atoms with Crippen molar-refractivity contribution in [2.75, 3.05) is 11.1 Å². The Morgan fingerprint density at radius 2 is 2.04 bits per heavy atom. The predicted molar refractivity (Wildman–Crippen MR) is 97.7 cm³/mol. The number of anilines is 1. The van der Waals surface area contributed by atoms with E-state index in [1.807, 2.05) is 19.1 Å². The first kappa shape index (κ1) is 17.3. The first-order valence-electron chi connectivity index (χ1n) is 8.24. The average molecular weight is 365 g/mol. The Kier molecular flexibility index (Phi) is 5.79. The second-order valence-electron chi connectivity index (χ2n) is 6.01. The SMILES string of the molecule is Cc1nnc(SCC(=O)Nc2ccccc2Cl)n1C1CCCCC1. The van der Waals surface area contributed by atoms with Gasteiger partial charge in [0.05, 0.1) is 16.5 Å². The Morgan fingerprint density at radius 3 is 2.79 bits per heavy atom. The van der Waals surface area contributed by atoms with E-state index >= 15 is 0 Å². The molecule has 1 aliphatic rings. The first-order valence-corrected chi connectivity index (χ1v) is 9.60. The molecule has 0 unspecified atom stereocenters. The highest BCUT2D eigenvalue weighted by Crippen LogP contribution is 2.32. The molecule has 0 spiro atoms. The molecule has 1 aromatic heterocycles. The van der Waals surface area contributed by atoms with Crippen LogP contribution < -0.4 is 5.32 Å². The van der Waals surface area contributed by atoms with Gasteiger partial charge in [-0.1, -0.05) is 54.8 Å². The van der Waals surface area contributed by atoms with Crippen molar-refractivity contribution in [2.24, 2.45) is 0 Å². The Bertz CT molecular complexity index is 712. The van der Waals surface area contributed by atoms with E-state index in [-0.39, 0.29) is 11.7 Å². The van der Waals surface area contributed by atoms with E-state index < -0.39 is 0 Å². The number of thioether (sulfide) groups is 1. The second kappa shape index (κ2) is 8.03. The van der Waals surface area contributed by atoms with E-state index in [9.17, 15) is 4.79 Å². The summed E-state index contributed by atoms with van der Waals surface area (Å²) < 4.78 is 2.20. The molecule has 0 radical (unpaired) electrons. The molecule has 1 heterocycles. The number of para-hydroxylation sites is 1. The number of amides is 1. The van der Waals surface area contributed by atoms with Crippen LogP contribution in [0.2, 0.25) is 5.02 Å². The molecule has 24 heavy (non-hydrogen) atoms. The molecule has 1 saturated carbocycles. The Labute approximate surface area is 151 Å². The number of aryl methyl sites for hydroxylation is 1. The van der Waals surface area contributed by atoms with Gasteiger partial charge in [-0.2, -0.15) is 0 Å². The quantitative estimate of drug-likeness (QED) is 0.795. The monoisotopic (exact) mass is 364 g/mol. The Hall–Kier alpha value is -1.53. The zero-order chi connectivity index (χ0) is 16.9. The van der Waals surface area contributed by atoms with Crippen molar-refractivity contribution in [3.63, 3.8) is 0 Å². The van der Waals surface area contributed by atoms with Gasteiger partial charge in [-0.25, -0.2) is 0 Å². The number of hydrogen-bond donors (Lipinski definition) is 1. The largest absolute Gasteiger partial charge is 0.324 e. The number of hydrogen-bond acceptors (Lipinski definition) is 4. The molecule has 1 fully saturated rings. The van der Waals surface area contributed by atoms with Gasteiger partial charge in [0, 0.05) is 6.04 Å². The maximum atomic E-state index is 12.2. The lowest BCUT2D eigenvalue weighted by Gasteiger charge is -2.24. The van der Waals surface area contributed by atoms with Crippen LogP contribution in [-0.4, -0.2) is 26.4 Å². The van der Waals surface area contributed by atoms with Crippen LogP contribution in [0.25, 0.3) is 0 Å². The third-order valence-corrected chi connectivity index (χ3v) is 5.53. The molecular weight excluding hydrogens is 344 g/mol. The van der Waals surface area contributed by atoms with Crippen LogP contribution in [-0.2, 0) is 4.79 Å². The van der Waals surface area contributed by atoms with Gasteiger partial charge in [0.2, 0.25) is 5.91 Å². The topological polar surface area (TPSA) is 59.8 Å². The molecule has 7 heteroatoms.